The average Bonchev–Trinajstić information content (AvgIpc) is 3.21. The molecule has 1 aromatic heterocycles. The molecule has 0 fully saturated rings. The number of hydrogen-bond acceptors (Lipinski definition) is 2. The van der Waals surface area contributed by atoms with Crippen LogP contribution in [0, 0.1) is 0 Å². The van der Waals surface area contributed by atoms with Crippen LogP contribution in [0.15, 0.2) is 60.9 Å². The normalized spacial score (nSPS) is 20.1. The Morgan fingerprint density at radius 1 is 1.00 bits per heavy atom. The number of rotatable bonds is 1. The standard InChI is InChI=1S/C18H16N3O.BF4/c1-2-7-14(8-3-1)21-12-20-17(19-21)11-22-16-10-13-6-4-5-9-15(13)18(16)20;2-1(3,4)5/h1-9,12,16,18H,10-11H2;/q+1;-1/t16-,18+;/m0./s1. The summed E-state index contributed by atoms with van der Waals surface area (Å²) in [6.45, 7) is 0.578. The quantitative estimate of drug-likeness (QED) is 0.369. The second-order valence-electron chi connectivity index (χ2n) is 6.41. The number of fused-ring (bicyclic) bond motifs is 5. The van der Waals surface area contributed by atoms with Crippen LogP contribution in [-0.2, 0) is 17.8 Å². The van der Waals surface area contributed by atoms with Crippen LogP contribution < -0.4 is 4.57 Å². The minimum absolute atomic E-state index is 0.225. The van der Waals surface area contributed by atoms with Gasteiger partial charge in [-0.3, -0.25) is 0 Å². The molecule has 2 heterocycles. The number of benzene rings is 2. The molecule has 2 aromatic carbocycles. The molecule has 4 nitrogen and oxygen atoms in total. The summed E-state index contributed by atoms with van der Waals surface area (Å²) in [6.07, 6.45) is 3.32. The average molecular weight is 377 g/mol. The van der Waals surface area contributed by atoms with Gasteiger partial charge in [0.1, 0.15) is 24.4 Å². The van der Waals surface area contributed by atoms with Crippen molar-refractivity contribution >= 4 is 7.25 Å². The van der Waals surface area contributed by atoms with Crippen LogP contribution in [0.25, 0.3) is 5.69 Å². The SMILES string of the molecule is F[B-](F)(F)F.c1ccc(-n2c[n+]3c(n2)CO[C@H]2Cc4ccccc4[C@H]23)cc1. The van der Waals surface area contributed by atoms with Crippen molar-refractivity contribution in [3.05, 3.63) is 77.9 Å². The van der Waals surface area contributed by atoms with Crippen molar-refractivity contribution in [3.63, 3.8) is 0 Å². The molecule has 1 aliphatic heterocycles. The topological polar surface area (TPSA) is 30.9 Å². The number of hydrogen-bond donors (Lipinski definition) is 0. The summed E-state index contributed by atoms with van der Waals surface area (Å²) in [4.78, 5) is 0. The summed E-state index contributed by atoms with van der Waals surface area (Å²) in [7, 11) is -6.00. The van der Waals surface area contributed by atoms with Gasteiger partial charge in [0.05, 0.1) is 0 Å². The first kappa shape index (κ1) is 17.7. The molecule has 0 amide bonds. The maximum atomic E-state index is 9.75. The number of halogens is 4. The molecule has 3 aromatic rings. The smallest absolute Gasteiger partial charge is 0.418 e. The van der Waals surface area contributed by atoms with Crippen molar-refractivity contribution < 1.29 is 26.6 Å². The zero-order valence-corrected chi connectivity index (χ0v) is 14.2. The van der Waals surface area contributed by atoms with E-state index < -0.39 is 7.25 Å². The van der Waals surface area contributed by atoms with Crippen LogP contribution in [0.3, 0.4) is 0 Å². The molecule has 9 heteroatoms. The van der Waals surface area contributed by atoms with Crippen molar-refractivity contribution in [2.75, 3.05) is 0 Å². The Balaban J connectivity index is 0.000000323. The Kier molecular flexibility index (Phi) is 4.47. The molecule has 0 spiro atoms. The van der Waals surface area contributed by atoms with Gasteiger partial charge >= 0.3 is 13.1 Å². The monoisotopic (exact) mass is 377 g/mol. The predicted molar refractivity (Wildman–Crippen MR) is 90.8 cm³/mol. The highest BCUT2D eigenvalue weighted by molar-refractivity contribution is 6.50. The largest absolute Gasteiger partial charge is 0.673 e. The third kappa shape index (κ3) is 3.73. The zero-order valence-electron chi connectivity index (χ0n) is 14.2. The Morgan fingerprint density at radius 2 is 1.67 bits per heavy atom. The summed E-state index contributed by atoms with van der Waals surface area (Å²) >= 11 is 0. The molecule has 2 aliphatic rings. The molecule has 0 saturated carbocycles. The van der Waals surface area contributed by atoms with Gasteiger partial charge in [-0.25, -0.2) is 4.57 Å². The van der Waals surface area contributed by atoms with Gasteiger partial charge < -0.3 is 22.0 Å². The second kappa shape index (κ2) is 6.81. The lowest BCUT2D eigenvalue weighted by Gasteiger charge is -2.23. The highest BCUT2D eigenvalue weighted by Gasteiger charge is 2.43. The number of para-hydroxylation sites is 1. The lowest BCUT2D eigenvalue weighted by Crippen LogP contribution is -2.51. The molecule has 5 rings (SSSR count). The van der Waals surface area contributed by atoms with Gasteiger partial charge in [-0.05, 0) is 23.3 Å². The minimum atomic E-state index is -6.00. The van der Waals surface area contributed by atoms with Gasteiger partial charge in [0.15, 0.2) is 0 Å². The first-order chi connectivity index (χ1) is 12.9. The Bertz CT molecular complexity index is 939. The van der Waals surface area contributed by atoms with Crippen molar-refractivity contribution in [2.24, 2.45) is 0 Å². The molecular formula is C18H16BF4N3O. The molecule has 140 valence electrons. The molecule has 0 unspecified atom stereocenters. The molecular weight excluding hydrogens is 361 g/mol. The maximum absolute atomic E-state index is 9.75. The van der Waals surface area contributed by atoms with Gasteiger partial charge in [0.25, 0.3) is 0 Å². The second-order valence-corrected chi connectivity index (χ2v) is 6.41. The van der Waals surface area contributed by atoms with Crippen molar-refractivity contribution in [1.82, 2.24) is 9.78 Å². The summed E-state index contributed by atoms with van der Waals surface area (Å²) in [6, 6.07) is 19.1. The molecule has 27 heavy (non-hydrogen) atoms. The van der Waals surface area contributed by atoms with E-state index in [9.17, 15) is 17.3 Å². The van der Waals surface area contributed by atoms with Crippen LogP contribution in [0.5, 0.6) is 0 Å². The van der Waals surface area contributed by atoms with E-state index in [0.717, 1.165) is 17.9 Å². The number of aromatic nitrogens is 3. The van der Waals surface area contributed by atoms with Crippen molar-refractivity contribution in [2.45, 2.75) is 25.2 Å². The van der Waals surface area contributed by atoms with E-state index in [4.69, 9.17) is 9.84 Å². The van der Waals surface area contributed by atoms with Crippen molar-refractivity contribution in [1.29, 1.82) is 0 Å². The Hall–Kier alpha value is -2.68. The van der Waals surface area contributed by atoms with E-state index in [1.165, 1.54) is 11.1 Å². The highest BCUT2D eigenvalue weighted by Crippen LogP contribution is 2.35. The van der Waals surface area contributed by atoms with Gasteiger partial charge in [0.2, 0.25) is 6.33 Å². The zero-order chi connectivity index (χ0) is 19.0. The number of ether oxygens (including phenoxy) is 1. The highest BCUT2D eigenvalue weighted by atomic mass is 19.5. The fourth-order valence-electron chi connectivity index (χ4n) is 3.63. The summed E-state index contributed by atoms with van der Waals surface area (Å²) in [5.74, 6) is 0.988. The molecule has 0 saturated heterocycles. The predicted octanol–water partition coefficient (Wildman–Crippen LogP) is 3.50. The Labute approximate surface area is 153 Å². The van der Waals surface area contributed by atoms with E-state index in [-0.39, 0.29) is 12.1 Å². The summed E-state index contributed by atoms with van der Waals surface area (Å²) in [5, 5.41) is 4.71. The fourth-order valence-corrected chi connectivity index (χ4v) is 3.63. The first-order valence-electron chi connectivity index (χ1n) is 8.52. The van der Waals surface area contributed by atoms with Gasteiger partial charge in [-0.2, -0.15) is 0 Å². The lowest BCUT2D eigenvalue weighted by atomic mass is 10.1. The van der Waals surface area contributed by atoms with Crippen LogP contribution in [0.4, 0.5) is 17.3 Å². The van der Waals surface area contributed by atoms with Crippen LogP contribution >= 0.6 is 0 Å². The van der Waals surface area contributed by atoms with E-state index >= 15 is 0 Å². The molecule has 1 aliphatic carbocycles. The third-order valence-corrected chi connectivity index (χ3v) is 4.65. The Morgan fingerprint density at radius 3 is 2.41 bits per heavy atom. The van der Waals surface area contributed by atoms with Crippen LogP contribution in [0.1, 0.15) is 23.0 Å². The van der Waals surface area contributed by atoms with Crippen LogP contribution in [0.2, 0.25) is 0 Å². The number of nitrogens with zero attached hydrogens (tertiary/aromatic N) is 3. The van der Waals surface area contributed by atoms with E-state index in [1.807, 2.05) is 22.9 Å². The van der Waals surface area contributed by atoms with Crippen molar-refractivity contribution in [3.8, 4) is 5.69 Å². The first-order valence-corrected chi connectivity index (χ1v) is 8.52. The molecule has 0 radical (unpaired) electrons. The lowest BCUT2D eigenvalue weighted by molar-refractivity contribution is -0.739. The maximum Gasteiger partial charge on any atom is 0.673 e. The summed E-state index contributed by atoms with van der Waals surface area (Å²) in [5.41, 5.74) is 3.84. The van der Waals surface area contributed by atoms with Crippen LogP contribution in [-0.4, -0.2) is 23.1 Å². The van der Waals surface area contributed by atoms with Gasteiger partial charge in [-0.15, -0.1) is 0 Å². The third-order valence-electron chi connectivity index (χ3n) is 4.65. The minimum Gasteiger partial charge on any atom is -0.418 e. The fraction of sp³-hybridized carbons (Fsp3) is 0.222. The van der Waals surface area contributed by atoms with E-state index in [0.29, 0.717) is 6.61 Å². The molecule has 2 atom stereocenters. The van der Waals surface area contributed by atoms with Gasteiger partial charge in [-0.1, -0.05) is 47.1 Å². The summed E-state index contributed by atoms with van der Waals surface area (Å²) < 4.78 is 49.3. The van der Waals surface area contributed by atoms with Gasteiger partial charge in [0, 0.05) is 11.5 Å². The van der Waals surface area contributed by atoms with E-state index in [2.05, 4.69) is 47.3 Å². The molecule has 0 N–H and O–H groups in total. The van der Waals surface area contributed by atoms with E-state index in [1.54, 1.807) is 0 Å². The molecule has 0 bridgehead atoms.